The second-order valence-corrected chi connectivity index (χ2v) is 5.18. The number of non-ortho nitro benzene ring substituents is 1. The second-order valence-electron chi connectivity index (χ2n) is 4.02. The molecule has 0 unspecified atom stereocenters. The Bertz CT molecular complexity index is 782. The number of halogens is 1. The lowest BCUT2D eigenvalue weighted by atomic mass is 10.1. The summed E-state index contributed by atoms with van der Waals surface area (Å²) in [6, 6.07) is 10.4. The lowest BCUT2D eigenvalue weighted by Crippen LogP contribution is -1.88. The molecule has 0 spiro atoms. The number of pyridine rings is 1. The molecule has 3 aromatic rings. The molecule has 0 fully saturated rings. The number of imidazole rings is 1. The number of nitrogens with zero attached hydrogens (tertiary/aromatic N) is 3. The van der Waals surface area contributed by atoms with Gasteiger partial charge in [-0.2, -0.15) is 0 Å². The number of fused-ring (bicyclic) bond motifs is 1. The van der Waals surface area contributed by atoms with E-state index in [2.05, 4.69) is 27.6 Å². The van der Waals surface area contributed by atoms with E-state index in [0.29, 0.717) is 0 Å². The van der Waals surface area contributed by atoms with Crippen molar-refractivity contribution in [3.63, 3.8) is 0 Å². The van der Waals surface area contributed by atoms with E-state index in [9.17, 15) is 10.1 Å². The normalized spacial score (nSPS) is 10.8. The molecular formula is C13H8IN3O2. The lowest BCUT2D eigenvalue weighted by molar-refractivity contribution is -0.384. The van der Waals surface area contributed by atoms with Gasteiger partial charge < -0.3 is 4.40 Å². The third kappa shape index (κ3) is 2.19. The van der Waals surface area contributed by atoms with E-state index >= 15 is 0 Å². The highest BCUT2D eigenvalue weighted by atomic mass is 127. The molecule has 2 aromatic heterocycles. The fourth-order valence-electron chi connectivity index (χ4n) is 1.90. The van der Waals surface area contributed by atoms with E-state index in [0.717, 1.165) is 20.5 Å². The van der Waals surface area contributed by atoms with Gasteiger partial charge in [-0.15, -0.1) is 0 Å². The van der Waals surface area contributed by atoms with Crippen molar-refractivity contribution in [1.82, 2.24) is 9.38 Å². The monoisotopic (exact) mass is 365 g/mol. The number of nitro groups is 1. The average Bonchev–Trinajstić information content (AvgIpc) is 2.84. The number of hydrogen-bond acceptors (Lipinski definition) is 3. The zero-order valence-electron chi connectivity index (χ0n) is 9.65. The van der Waals surface area contributed by atoms with Gasteiger partial charge in [0.15, 0.2) is 5.65 Å². The summed E-state index contributed by atoms with van der Waals surface area (Å²) in [5.41, 5.74) is 2.40. The van der Waals surface area contributed by atoms with Crippen molar-refractivity contribution in [2.45, 2.75) is 0 Å². The number of nitro benzene ring substituents is 1. The number of rotatable bonds is 2. The van der Waals surface area contributed by atoms with Gasteiger partial charge in [-0.3, -0.25) is 10.1 Å². The molecule has 0 radical (unpaired) electrons. The molecule has 6 heteroatoms. The van der Waals surface area contributed by atoms with Crippen LogP contribution >= 0.6 is 22.6 Å². The van der Waals surface area contributed by atoms with Crippen LogP contribution in [0.2, 0.25) is 0 Å². The van der Waals surface area contributed by atoms with Crippen molar-refractivity contribution in [3.05, 3.63) is 62.5 Å². The Hall–Kier alpha value is -1.96. The maximum absolute atomic E-state index is 10.8. The highest BCUT2D eigenvalue weighted by Gasteiger charge is 2.10. The zero-order chi connectivity index (χ0) is 13.4. The Morgan fingerprint density at radius 1 is 1.26 bits per heavy atom. The Kier molecular flexibility index (Phi) is 2.94. The van der Waals surface area contributed by atoms with E-state index in [-0.39, 0.29) is 5.69 Å². The summed E-state index contributed by atoms with van der Waals surface area (Å²) >= 11 is 2.22. The summed E-state index contributed by atoms with van der Waals surface area (Å²) in [5.74, 6) is 0. The summed E-state index contributed by atoms with van der Waals surface area (Å²) in [4.78, 5) is 14.9. The van der Waals surface area contributed by atoms with Crippen LogP contribution in [0.5, 0.6) is 0 Å². The van der Waals surface area contributed by atoms with E-state index in [1.54, 1.807) is 6.07 Å². The smallest absolute Gasteiger partial charge is 0.270 e. The van der Waals surface area contributed by atoms with Gasteiger partial charge in [0.25, 0.3) is 5.69 Å². The quantitative estimate of drug-likeness (QED) is 0.397. The second kappa shape index (κ2) is 4.61. The zero-order valence-corrected chi connectivity index (χ0v) is 11.8. The molecule has 0 bridgehead atoms. The average molecular weight is 365 g/mol. The highest BCUT2D eigenvalue weighted by molar-refractivity contribution is 14.1. The fraction of sp³-hybridized carbons (Fsp3) is 0. The first kappa shape index (κ1) is 12.1. The molecule has 0 amide bonds. The van der Waals surface area contributed by atoms with E-state index in [1.165, 1.54) is 12.1 Å². The van der Waals surface area contributed by atoms with Gasteiger partial charge in [-0.1, -0.05) is 12.1 Å². The van der Waals surface area contributed by atoms with Gasteiger partial charge >= 0.3 is 0 Å². The molecule has 5 nitrogen and oxygen atoms in total. The summed E-state index contributed by atoms with van der Waals surface area (Å²) in [6.07, 6.45) is 3.78. The summed E-state index contributed by atoms with van der Waals surface area (Å²) in [6.45, 7) is 0. The topological polar surface area (TPSA) is 60.4 Å². The summed E-state index contributed by atoms with van der Waals surface area (Å²) in [5, 5.41) is 10.8. The molecule has 0 saturated heterocycles. The molecule has 2 heterocycles. The van der Waals surface area contributed by atoms with Crippen LogP contribution < -0.4 is 0 Å². The van der Waals surface area contributed by atoms with Crippen LogP contribution in [0, 0.1) is 13.7 Å². The molecule has 1 aromatic carbocycles. The van der Waals surface area contributed by atoms with Crippen LogP contribution in [-0.4, -0.2) is 14.3 Å². The molecule has 0 atom stereocenters. The Labute approximate surface area is 122 Å². The standard InChI is InChI=1S/C13H8IN3O2/c14-11-5-2-6-16-8-12(15-13(11)16)9-3-1-4-10(7-9)17(18)19/h1-8H. The largest absolute Gasteiger partial charge is 0.306 e. The van der Waals surface area contributed by atoms with Gasteiger partial charge in [0.2, 0.25) is 0 Å². The van der Waals surface area contributed by atoms with Crippen molar-refractivity contribution in [3.8, 4) is 11.3 Å². The summed E-state index contributed by atoms with van der Waals surface area (Å²) in [7, 11) is 0. The Balaban J connectivity index is 2.16. The van der Waals surface area contributed by atoms with Crippen molar-refractivity contribution in [2.24, 2.45) is 0 Å². The molecule has 0 N–H and O–H groups in total. The van der Waals surface area contributed by atoms with Crippen LogP contribution in [0.1, 0.15) is 0 Å². The molecule has 3 rings (SSSR count). The van der Waals surface area contributed by atoms with Crippen LogP contribution in [0.4, 0.5) is 5.69 Å². The molecule has 19 heavy (non-hydrogen) atoms. The van der Waals surface area contributed by atoms with Crippen LogP contribution in [0.3, 0.4) is 0 Å². The minimum atomic E-state index is -0.400. The van der Waals surface area contributed by atoms with E-state index in [4.69, 9.17) is 0 Å². The van der Waals surface area contributed by atoms with Gasteiger partial charge in [-0.05, 0) is 34.7 Å². The van der Waals surface area contributed by atoms with Crippen LogP contribution in [0.25, 0.3) is 16.9 Å². The maximum Gasteiger partial charge on any atom is 0.270 e. The molecule has 0 saturated carbocycles. The highest BCUT2D eigenvalue weighted by Crippen LogP contribution is 2.24. The Morgan fingerprint density at radius 3 is 2.84 bits per heavy atom. The van der Waals surface area contributed by atoms with Gasteiger partial charge in [0.05, 0.1) is 14.2 Å². The van der Waals surface area contributed by atoms with Crippen LogP contribution in [0.15, 0.2) is 48.8 Å². The Morgan fingerprint density at radius 2 is 2.11 bits per heavy atom. The first-order valence-corrected chi connectivity index (χ1v) is 6.61. The fourth-order valence-corrected chi connectivity index (χ4v) is 2.50. The van der Waals surface area contributed by atoms with Gasteiger partial charge in [-0.25, -0.2) is 4.98 Å². The predicted molar refractivity (Wildman–Crippen MR) is 80.0 cm³/mol. The molecule has 0 aliphatic rings. The summed E-state index contributed by atoms with van der Waals surface area (Å²) < 4.78 is 2.95. The van der Waals surface area contributed by atoms with Gasteiger partial charge in [0, 0.05) is 30.1 Å². The number of benzene rings is 1. The predicted octanol–water partition coefficient (Wildman–Crippen LogP) is 3.51. The molecule has 0 aliphatic heterocycles. The van der Waals surface area contributed by atoms with E-state index in [1.807, 2.05) is 35.0 Å². The first-order chi connectivity index (χ1) is 9.15. The third-order valence-electron chi connectivity index (χ3n) is 2.79. The number of hydrogen-bond donors (Lipinski definition) is 0. The SMILES string of the molecule is O=[N+]([O-])c1cccc(-c2cn3cccc(I)c3n2)c1. The third-order valence-corrected chi connectivity index (χ3v) is 3.63. The lowest BCUT2D eigenvalue weighted by Gasteiger charge is -1.95. The number of aromatic nitrogens is 2. The van der Waals surface area contributed by atoms with Crippen molar-refractivity contribution >= 4 is 33.9 Å². The van der Waals surface area contributed by atoms with Crippen LogP contribution in [-0.2, 0) is 0 Å². The van der Waals surface area contributed by atoms with E-state index < -0.39 is 4.92 Å². The molecular weight excluding hydrogens is 357 g/mol. The van der Waals surface area contributed by atoms with Crippen molar-refractivity contribution < 1.29 is 4.92 Å². The first-order valence-electron chi connectivity index (χ1n) is 5.53. The van der Waals surface area contributed by atoms with Crippen molar-refractivity contribution in [1.29, 1.82) is 0 Å². The molecule has 94 valence electrons. The minimum Gasteiger partial charge on any atom is -0.306 e. The van der Waals surface area contributed by atoms with Gasteiger partial charge in [0.1, 0.15) is 0 Å². The minimum absolute atomic E-state index is 0.0734. The maximum atomic E-state index is 10.8. The van der Waals surface area contributed by atoms with Crippen molar-refractivity contribution in [2.75, 3.05) is 0 Å². The molecule has 0 aliphatic carbocycles.